The lowest BCUT2D eigenvalue weighted by atomic mass is 10.2. The SMILES string of the molecule is CN(CCN1CCCC1)C(=O)C1CNCCO1. The average molecular weight is 241 g/mol. The van der Waals surface area contributed by atoms with Crippen LogP contribution in [0, 0.1) is 0 Å². The van der Waals surface area contributed by atoms with Crippen molar-refractivity contribution in [2.75, 3.05) is 52.9 Å². The molecule has 5 heteroatoms. The number of amides is 1. The molecule has 1 N–H and O–H groups in total. The van der Waals surface area contributed by atoms with Crippen LogP contribution in [0.1, 0.15) is 12.8 Å². The summed E-state index contributed by atoms with van der Waals surface area (Å²) in [4.78, 5) is 16.3. The quantitative estimate of drug-likeness (QED) is 0.723. The minimum absolute atomic E-state index is 0.108. The third kappa shape index (κ3) is 3.66. The highest BCUT2D eigenvalue weighted by molar-refractivity contribution is 5.81. The van der Waals surface area contributed by atoms with Crippen LogP contribution in [0.2, 0.25) is 0 Å². The van der Waals surface area contributed by atoms with Gasteiger partial charge in [0.15, 0.2) is 0 Å². The van der Waals surface area contributed by atoms with E-state index in [1.54, 1.807) is 4.90 Å². The number of carbonyl (C=O) groups excluding carboxylic acids is 1. The summed E-state index contributed by atoms with van der Waals surface area (Å²) in [5.74, 6) is 0.108. The molecular formula is C12H23N3O2. The molecule has 1 amide bonds. The molecule has 0 aromatic rings. The Morgan fingerprint density at radius 3 is 2.88 bits per heavy atom. The van der Waals surface area contributed by atoms with Crippen LogP contribution in [0.4, 0.5) is 0 Å². The number of likely N-dealkylation sites (tertiary alicyclic amines) is 1. The Morgan fingerprint density at radius 2 is 2.24 bits per heavy atom. The fraction of sp³-hybridized carbons (Fsp3) is 0.917. The predicted molar refractivity (Wildman–Crippen MR) is 65.9 cm³/mol. The van der Waals surface area contributed by atoms with E-state index in [9.17, 15) is 4.79 Å². The predicted octanol–water partition coefficient (Wildman–Crippen LogP) is -0.471. The summed E-state index contributed by atoms with van der Waals surface area (Å²) in [6.45, 7) is 6.29. The van der Waals surface area contributed by atoms with Crippen LogP contribution in [0.3, 0.4) is 0 Å². The summed E-state index contributed by atoms with van der Waals surface area (Å²) in [5.41, 5.74) is 0. The number of nitrogens with zero attached hydrogens (tertiary/aromatic N) is 2. The molecule has 2 aliphatic heterocycles. The Bertz CT molecular complexity index is 248. The highest BCUT2D eigenvalue weighted by Gasteiger charge is 2.25. The molecule has 0 saturated carbocycles. The molecule has 0 bridgehead atoms. The largest absolute Gasteiger partial charge is 0.366 e. The molecule has 2 aliphatic rings. The van der Waals surface area contributed by atoms with E-state index in [0.29, 0.717) is 13.2 Å². The highest BCUT2D eigenvalue weighted by atomic mass is 16.5. The zero-order valence-electron chi connectivity index (χ0n) is 10.7. The zero-order chi connectivity index (χ0) is 12.1. The van der Waals surface area contributed by atoms with E-state index in [1.807, 2.05) is 7.05 Å². The molecule has 98 valence electrons. The molecule has 0 aromatic heterocycles. The van der Waals surface area contributed by atoms with Gasteiger partial charge in [-0.15, -0.1) is 0 Å². The Hall–Kier alpha value is -0.650. The first kappa shape index (κ1) is 12.8. The van der Waals surface area contributed by atoms with Gasteiger partial charge in [0.1, 0.15) is 6.10 Å². The highest BCUT2D eigenvalue weighted by Crippen LogP contribution is 2.07. The van der Waals surface area contributed by atoms with Gasteiger partial charge in [-0.2, -0.15) is 0 Å². The van der Waals surface area contributed by atoms with Gasteiger partial charge >= 0.3 is 0 Å². The van der Waals surface area contributed by atoms with Gasteiger partial charge in [-0.3, -0.25) is 4.79 Å². The van der Waals surface area contributed by atoms with Crippen LogP contribution >= 0.6 is 0 Å². The number of nitrogens with one attached hydrogen (secondary N) is 1. The van der Waals surface area contributed by atoms with Crippen molar-refractivity contribution in [3.63, 3.8) is 0 Å². The van der Waals surface area contributed by atoms with Gasteiger partial charge in [0.25, 0.3) is 5.91 Å². The number of rotatable bonds is 4. The molecule has 0 spiro atoms. The fourth-order valence-electron chi connectivity index (χ4n) is 2.38. The van der Waals surface area contributed by atoms with Gasteiger partial charge in [0, 0.05) is 33.2 Å². The molecule has 1 atom stereocenters. The van der Waals surface area contributed by atoms with Gasteiger partial charge in [-0.05, 0) is 25.9 Å². The van der Waals surface area contributed by atoms with Crippen molar-refractivity contribution < 1.29 is 9.53 Å². The van der Waals surface area contributed by atoms with Crippen molar-refractivity contribution in [2.24, 2.45) is 0 Å². The summed E-state index contributed by atoms with van der Waals surface area (Å²) in [5, 5.41) is 3.18. The van der Waals surface area contributed by atoms with Crippen LogP contribution in [-0.2, 0) is 9.53 Å². The molecule has 5 nitrogen and oxygen atoms in total. The lowest BCUT2D eigenvalue weighted by Gasteiger charge is -2.28. The minimum atomic E-state index is -0.285. The number of likely N-dealkylation sites (N-methyl/N-ethyl adjacent to an activating group) is 1. The molecule has 0 aromatic carbocycles. The molecule has 2 heterocycles. The lowest BCUT2D eigenvalue weighted by Crippen LogP contribution is -2.49. The maximum Gasteiger partial charge on any atom is 0.252 e. The van der Waals surface area contributed by atoms with Crippen molar-refractivity contribution in [1.82, 2.24) is 15.1 Å². The molecule has 0 radical (unpaired) electrons. The molecule has 1 unspecified atom stereocenters. The second-order valence-corrected chi connectivity index (χ2v) is 4.87. The first-order valence-corrected chi connectivity index (χ1v) is 6.57. The maximum atomic E-state index is 12.0. The number of ether oxygens (including phenoxy) is 1. The number of hydrogen-bond donors (Lipinski definition) is 1. The summed E-state index contributed by atoms with van der Waals surface area (Å²) < 4.78 is 5.47. The second kappa shape index (κ2) is 6.33. The van der Waals surface area contributed by atoms with Crippen LogP contribution in [0.25, 0.3) is 0 Å². The lowest BCUT2D eigenvalue weighted by molar-refractivity contribution is -0.144. The third-order valence-electron chi connectivity index (χ3n) is 3.53. The summed E-state index contributed by atoms with van der Waals surface area (Å²) in [7, 11) is 1.87. The molecule has 17 heavy (non-hydrogen) atoms. The Labute approximate surface area is 103 Å². The van der Waals surface area contributed by atoms with Crippen molar-refractivity contribution in [3.05, 3.63) is 0 Å². The number of hydrogen-bond acceptors (Lipinski definition) is 4. The minimum Gasteiger partial charge on any atom is -0.366 e. The van der Waals surface area contributed by atoms with E-state index in [0.717, 1.165) is 19.6 Å². The van der Waals surface area contributed by atoms with Crippen molar-refractivity contribution in [2.45, 2.75) is 18.9 Å². The molecule has 2 rings (SSSR count). The van der Waals surface area contributed by atoms with Gasteiger partial charge in [0.05, 0.1) is 6.61 Å². The van der Waals surface area contributed by atoms with E-state index in [1.165, 1.54) is 25.9 Å². The smallest absolute Gasteiger partial charge is 0.252 e. The summed E-state index contributed by atoms with van der Waals surface area (Å²) in [6.07, 6.45) is 2.31. The van der Waals surface area contributed by atoms with E-state index in [4.69, 9.17) is 4.74 Å². The molecule has 2 saturated heterocycles. The number of morpholine rings is 1. The van der Waals surface area contributed by atoms with E-state index in [2.05, 4.69) is 10.2 Å². The Morgan fingerprint density at radius 1 is 1.47 bits per heavy atom. The average Bonchev–Trinajstić information content (AvgIpc) is 2.89. The monoisotopic (exact) mass is 241 g/mol. The van der Waals surface area contributed by atoms with Crippen LogP contribution in [0.5, 0.6) is 0 Å². The first-order chi connectivity index (χ1) is 8.27. The first-order valence-electron chi connectivity index (χ1n) is 6.57. The standard InChI is InChI=1S/C12H23N3O2/c1-14(7-8-15-5-2-3-6-15)12(16)11-10-13-4-9-17-11/h11,13H,2-10H2,1H3. The van der Waals surface area contributed by atoms with Crippen molar-refractivity contribution >= 4 is 5.91 Å². The van der Waals surface area contributed by atoms with Crippen LogP contribution < -0.4 is 5.32 Å². The Kier molecular flexibility index (Phi) is 4.76. The van der Waals surface area contributed by atoms with Crippen molar-refractivity contribution in [1.29, 1.82) is 0 Å². The van der Waals surface area contributed by atoms with E-state index >= 15 is 0 Å². The summed E-state index contributed by atoms with van der Waals surface area (Å²) in [6, 6.07) is 0. The maximum absolute atomic E-state index is 12.0. The second-order valence-electron chi connectivity index (χ2n) is 4.87. The molecule has 2 fully saturated rings. The topological polar surface area (TPSA) is 44.8 Å². The molecular weight excluding hydrogens is 218 g/mol. The van der Waals surface area contributed by atoms with Crippen LogP contribution in [-0.4, -0.2) is 74.7 Å². The van der Waals surface area contributed by atoms with Crippen LogP contribution in [0.15, 0.2) is 0 Å². The zero-order valence-corrected chi connectivity index (χ0v) is 10.7. The summed E-state index contributed by atoms with van der Waals surface area (Å²) >= 11 is 0. The number of carbonyl (C=O) groups is 1. The van der Waals surface area contributed by atoms with Gasteiger partial charge in [-0.25, -0.2) is 0 Å². The Balaban J connectivity index is 1.70. The third-order valence-corrected chi connectivity index (χ3v) is 3.53. The van der Waals surface area contributed by atoms with Gasteiger partial charge < -0.3 is 19.9 Å². The van der Waals surface area contributed by atoms with Crippen molar-refractivity contribution in [3.8, 4) is 0 Å². The van der Waals surface area contributed by atoms with E-state index < -0.39 is 0 Å². The van der Waals surface area contributed by atoms with Gasteiger partial charge in [0.2, 0.25) is 0 Å². The normalized spacial score (nSPS) is 26.1. The fourth-order valence-corrected chi connectivity index (χ4v) is 2.38. The van der Waals surface area contributed by atoms with E-state index in [-0.39, 0.29) is 12.0 Å². The molecule has 0 aliphatic carbocycles. The van der Waals surface area contributed by atoms with Gasteiger partial charge in [-0.1, -0.05) is 0 Å².